The van der Waals surface area contributed by atoms with Gasteiger partial charge in [0.1, 0.15) is 11.2 Å². The number of nitrogens with zero attached hydrogens (tertiary/aromatic N) is 2. The summed E-state index contributed by atoms with van der Waals surface area (Å²) in [5.41, 5.74) is 1.98. The van der Waals surface area contributed by atoms with Crippen molar-refractivity contribution >= 4 is 17.9 Å². The lowest BCUT2D eigenvalue weighted by molar-refractivity contribution is 0.0530. The summed E-state index contributed by atoms with van der Waals surface area (Å²) < 4.78 is 10.6. The maximum atomic E-state index is 12.1. The van der Waals surface area contributed by atoms with Gasteiger partial charge in [0.25, 0.3) is 0 Å². The number of nitrogens with one attached hydrogen (secondary N) is 2. The van der Waals surface area contributed by atoms with E-state index >= 15 is 0 Å². The molecule has 8 nitrogen and oxygen atoms in total. The number of ether oxygens (including phenoxy) is 2. The molecule has 0 saturated carbocycles. The molecule has 1 aliphatic rings. The minimum atomic E-state index is -0.594. The van der Waals surface area contributed by atoms with E-state index in [2.05, 4.69) is 32.8 Å². The fraction of sp³-hybridized carbons (Fsp3) is 0.545. The van der Waals surface area contributed by atoms with Crippen molar-refractivity contribution in [2.24, 2.45) is 0 Å². The van der Waals surface area contributed by atoms with E-state index in [4.69, 9.17) is 9.47 Å². The molecule has 0 radical (unpaired) electrons. The van der Waals surface area contributed by atoms with Gasteiger partial charge in [-0.2, -0.15) is 0 Å². The Morgan fingerprint density at radius 3 is 2.23 bits per heavy atom. The van der Waals surface area contributed by atoms with E-state index in [-0.39, 0.29) is 6.54 Å². The van der Waals surface area contributed by atoms with E-state index in [9.17, 15) is 9.59 Å². The molecule has 1 heterocycles. The van der Waals surface area contributed by atoms with Crippen LogP contribution in [0.5, 0.6) is 0 Å². The van der Waals surface area contributed by atoms with Crippen LogP contribution in [0.4, 0.5) is 15.3 Å². The lowest BCUT2D eigenvalue weighted by Crippen LogP contribution is -2.40. The first-order valence-corrected chi connectivity index (χ1v) is 10.0. The van der Waals surface area contributed by atoms with Crippen LogP contribution >= 0.6 is 0 Å². The lowest BCUT2D eigenvalue weighted by Gasteiger charge is -2.28. The predicted octanol–water partition coefficient (Wildman–Crippen LogP) is 3.79. The monoisotopic (exact) mass is 418 g/mol. The Labute approximate surface area is 179 Å². The summed E-state index contributed by atoms with van der Waals surface area (Å²) in [6, 6.07) is 8.18. The second-order valence-corrected chi connectivity index (χ2v) is 9.28. The topological polar surface area (TPSA) is 83.1 Å². The van der Waals surface area contributed by atoms with Crippen molar-refractivity contribution < 1.29 is 19.1 Å². The van der Waals surface area contributed by atoms with Gasteiger partial charge in [-0.25, -0.2) is 14.6 Å². The van der Waals surface area contributed by atoms with Gasteiger partial charge >= 0.3 is 12.2 Å². The number of anilines is 1. The second-order valence-electron chi connectivity index (χ2n) is 9.28. The van der Waals surface area contributed by atoms with Gasteiger partial charge in [0.15, 0.2) is 0 Å². The molecule has 0 aromatic heterocycles. The Balaban J connectivity index is 2.06. The van der Waals surface area contributed by atoms with Gasteiger partial charge in [-0.05, 0) is 58.7 Å². The molecule has 2 rings (SSSR count). The highest BCUT2D eigenvalue weighted by molar-refractivity contribution is 5.69. The van der Waals surface area contributed by atoms with Gasteiger partial charge in [0.05, 0.1) is 5.69 Å². The molecular formula is C22H34N4O4. The molecule has 0 bridgehead atoms. The molecule has 166 valence electrons. The smallest absolute Gasteiger partial charge is 0.411 e. The van der Waals surface area contributed by atoms with Crippen molar-refractivity contribution in [1.82, 2.24) is 15.6 Å². The molecule has 0 fully saturated rings. The number of alkyl carbamates (subject to hydrolysis) is 2. The number of hydrogen-bond donors (Lipinski definition) is 2. The van der Waals surface area contributed by atoms with Gasteiger partial charge < -0.3 is 19.8 Å². The van der Waals surface area contributed by atoms with Gasteiger partial charge in [0.2, 0.25) is 0 Å². The van der Waals surface area contributed by atoms with E-state index < -0.39 is 23.4 Å². The summed E-state index contributed by atoms with van der Waals surface area (Å²) in [6.07, 6.45) is 0.529. The van der Waals surface area contributed by atoms with Crippen molar-refractivity contribution in [1.29, 1.82) is 0 Å². The number of rotatable bonds is 5. The minimum Gasteiger partial charge on any atom is -0.444 e. The number of hydrogen-bond acceptors (Lipinski definition) is 6. The van der Waals surface area contributed by atoms with E-state index in [1.807, 2.05) is 40.0 Å². The zero-order valence-corrected chi connectivity index (χ0v) is 19.0. The number of hydrazine groups is 1. The quantitative estimate of drug-likeness (QED) is 0.757. The van der Waals surface area contributed by atoms with Gasteiger partial charge in [-0.3, -0.25) is 5.32 Å². The maximum Gasteiger partial charge on any atom is 0.411 e. The Hall–Kier alpha value is -2.74. The number of benzene rings is 1. The number of fused-ring (bicyclic) bond motifs is 1. The fourth-order valence-electron chi connectivity index (χ4n) is 2.93. The van der Waals surface area contributed by atoms with Gasteiger partial charge in [-0.15, -0.1) is 0 Å². The highest BCUT2D eigenvalue weighted by atomic mass is 16.6. The Morgan fingerprint density at radius 2 is 1.63 bits per heavy atom. The number of carbonyl (C=O) groups excluding carboxylic acids is 2. The first-order chi connectivity index (χ1) is 13.8. The fourth-order valence-corrected chi connectivity index (χ4v) is 2.93. The Kier molecular flexibility index (Phi) is 7.36. The van der Waals surface area contributed by atoms with Crippen molar-refractivity contribution in [2.75, 3.05) is 25.1 Å². The molecule has 0 saturated heterocycles. The van der Waals surface area contributed by atoms with Crippen LogP contribution in [0.2, 0.25) is 0 Å². The number of para-hydroxylation sites is 1. The summed E-state index contributed by atoms with van der Waals surface area (Å²) in [4.78, 5) is 24.1. The average molecular weight is 419 g/mol. The molecule has 30 heavy (non-hydrogen) atoms. The Morgan fingerprint density at radius 1 is 1.03 bits per heavy atom. The van der Waals surface area contributed by atoms with E-state index in [1.165, 1.54) is 5.56 Å². The molecule has 0 aliphatic carbocycles. The van der Waals surface area contributed by atoms with Crippen molar-refractivity contribution in [3.8, 4) is 0 Å². The third kappa shape index (κ3) is 7.59. The van der Waals surface area contributed by atoms with Crippen LogP contribution < -0.4 is 15.6 Å². The van der Waals surface area contributed by atoms with E-state index in [1.54, 1.807) is 27.0 Å². The predicted molar refractivity (Wildman–Crippen MR) is 117 cm³/mol. The zero-order valence-electron chi connectivity index (χ0n) is 19.0. The molecule has 1 aromatic rings. The second kappa shape index (κ2) is 9.38. The summed E-state index contributed by atoms with van der Waals surface area (Å²) >= 11 is 0. The summed E-state index contributed by atoms with van der Waals surface area (Å²) in [5, 5.41) is 9.62. The van der Waals surface area contributed by atoms with Crippen LogP contribution in [0.25, 0.3) is 0 Å². The average Bonchev–Trinajstić information content (AvgIpc) is 2.90. The molecule has 1 aliphatic heterocycles. The third-order valence-electron chi connectivity index (χ3n) is 4.15. The summed E-state index contributed by atoms with van der Waals surface area (Å²) in [7, 11) is 1.99. The van der Waals surface area contributed by atoms with E-state index in [0.29, 0.717) is 6.54 Å². The Bertz CT molecular complexity index is 793. The van der Waals surface area contributed by atoms with Crippen molar-refractivity contribution in [3.63, 3.8) is 0 Å². The normalized spacial score (nSPS) is 14.9. The van der Waals surface area contributed by atoms with Crippen LogP contribution in [0.3, 0.4) is 0 Å². The molecule has 0 unspecified atom stereocenters. The summed E-state index contributed by atoms with van der Waals surface area (Å²) in [6.45, 7) is 12.3. The molecular weight excluding hydrogens is 384 g/mol. The molecule has 2 N–H and O–H groups in total. The number of carbonyl (C=O) groups is 2. The van der Waals surface area contributed by atoms with Crippen molar-refractivity contribution in [2.45, 2.75) is 59.3 Å². The molecule has 1 aromatic carbocycles. The minimum absolute atomic E-state index is 0.228. The molecule has 8 heteroatoms. The van der Waals surface area contributed by atoms with Crippen LogP contribution in [0.15, 0.2) is 36.0 Å². The van der Waals surface area contributed by atoms with E-state index in [0.717, 1.165) is 17.8 Å². The maximum absolute atomic E-state index is 12.1. The molecule has 0 atom stereocenters. The van der Waals surface area contributed by atoms with Gasteiger partial charge in [0, 0.05) is 32.9 Å². The number of amides is 2. The largest absolute Gasteiger partial charge is 0.444 e. The third-order valence-corrected chi connectivity index (χ3v) is 4.15. The molecule has 2 amide bonds. The van der Waals surface area contributed by atoms with Gasteiger partial charge in [-0.1, -0.05) is 18.2 Å². The van der Waals surface area contributed by atoms with Crippen LogP contribution in [0, 0.1) is 0 Å². The summed E-state index contributed by atoms with van der Waals surface area (Å²) in [5.74, 6) is 0. The first-order valence-electron chi connectivity index (χ1n) is 10.0. The first kappa shape index (κ1) is 23.5. The highest BCUT2D eigenvalue weighted by Gasteiger charge is 2.25. The highest BCUT2D eigenvalue weighted by Crippen LogP contribution is 2.29. The molecule has 0 spiro atoms. The standard InChI is InChI=1S/C22H34N4O4/c1-21(2,3)29-19(27)23-12-16(13-24-20(28)30-22(4,5)6)14-26-15-17-10-8-9-11-18(17)25(26)7/h8-12H,13-15H2,1-7H3,(H,23,27)(H,24,28). The van der Waals surface area contributed by atoms with Crippen molar-refractivity contribution in [3.05, 3.63) is 41.6 Å². The lowest BCUT2D eigenvalue weighted by atomic mass is 10.2. The van der Waals surface area contributed by atoms with Crippen LogP contribution in [-0.2, 0) is 16.0 Å². The zero-order chi connectivity index (χ0) is 22.5. The SMILES string of the molecule is CN1c2ccccc2CN1CC(=CNC(=O)OC(C)(C)C)CNC(=O)OC(C)(C)C. The van der Waals surface area contributed by atoms with Crippen LogP contribution in [-0.4, -0.2) is 48.5 Å². The van der Waals surface area contributed by atoms with Crippen LogP contribution in [0.1, 0.15) is 47.1 Å².